The van der Waals surface area contributed by atoms with Crippen LogP contribution >= 0.6 is 0 Å². The molecule has 0 fully saturated rings. The molecule has 1 rings (SSSR count). The number of nitrogen functional groups attached to an aromatic ring is 1. The van der Waals surface area contributed by atoms with Crippen LogP contribution in [0.4, 0.5) is 18.9 Å². The highest BCUT2D eigenvalue weighted by molar-refractivity contribution is 5.73. The number of rotatable bonds is 3. The number of alkyl halides is 2. The molecular formula is C8H7F3N2O2. The van der Waals surface area contributed by atoms with Gasteiger partial charge in [0.05, 0.1) is 23.9 Å². The maximum atomic E-state index is 12.9. The molecule has 0 unspecified atom stereocenters. The van der Waals surface area contributed by atoms with Crippen molar-refractivity contribution in [3.8, 4) is 0 Å². The predicted molar refractivity (Wildman–Crippen MR) is 44.9 cm³/mol. The molecule has 15 heavy (non-hydrogen) atoms. The van der Waals surface area contributed by atoms with Crippen molar-refractivity contribution in [2.45, 2.75) is 12.8 Å². The van der Waals surface area contributed by atoms with Crippen molar-refractivity contribution in [2.24, 2.45) is 0 Å². The Morgan fingerprint density at radius 3 is 2.67 bits per heavy atom. The summed E-state index contributed by atoms with van der Waals surface area (Å²) in [5.41, 5.74) is 3.53. The van der Waals surface area contributed by atoms with Crippen molar-refractivity contribution in [3.05, 3.63) is 23.3 Å². The number of carboxylic acids is 1. The summed E-state index contributed by atoms with van der Waals surface area (Å²) < 4.78 is 37.7. The number of nitrogens with two attached hydrogens (primary N) is 1. The van der Waals surface area contributed by atoms with Crippen LogP contribution in [0.2, 0.25) is 0 Å². The van der Waals surface area contributed by atoms with E-state index >= 15 is 0 Å². The highest BCUT2D eigenvalue weighted by Gasteiger charge is 2.23. The Bertz CT molecular complexity index is 396. The van der Waals surface area contributed by atoms with Crippen LogP contribution in [0.5, 0.6) is 0 Å². The summed E-state index contributed by atoms with van der Waals surface area (Å²) in [4.78, 5) is 13.4. The van der Waals surface area contributed by atoms with Crippen LogP contribution in [-0.4, -0.2) is 16.1 Å². The summed E-state index contributed by atoms with van der Waals surface area (Å²) >= 11 is 0. The van der Waals surface area contributed by atoms with Crippen LogP contribution in [0.1, 0.15) is 17.6 Å². The number of aliphatic carboxylic acids is 1. The highest BCUT2D eigenvalue weighted by Crippen LogP contribution is 2.28. The minimum absolute atomic E-state index is 0.255. The molecule has 0 amide bonds. The Kier molecular flexibility index (Phi) is 3.13. The fourth-order valence-electron chi connectivity index (χ4n) is 1.12. The zero-order valence-corrected chi connectivity index (χ0v) is 7.38. The lowest BCUT2D eigenvalue weighted by Gasteiger charge is -2.09. The van der Waals surface area contributed by atoms with E-state index in [0.29, 0.717) is 0 Å². The van der Waals surface area contributed by atoms with E-state index in [4.69, 9.17) is 10.8 Å². The molecule has 0 aromatic carbocycles. The highest BCUT2D eigenvalue weighted by atomic mass is 19.3. The molecular weight excluding hydrogens is 213 g/mol. The number of carbonyl (C=O) groups is 1. The molecule has 1 aromatic heterocycles. The standard InChI is InChI=1S/C8H7F3N2O2/c9-7(10)6-3(1-5(14)15)4(12)2-13-8(6)11/h2,7H,1,12H2,(H,14,15). The summed E-state index contributed by atoms with van der Waals surface area (Å²) in [5, 5.41) is 8.45. The number of nitrogens with zero attached hydrogens (tertiary/aromatic N) is 1. The molecule has 1 heterocycles. The van der Waals surface area contributed by atoms with E-state index in [1.807, 2.05) is 0 Å². The second kappa shape index (κ2) is 4.16. The monoisotopic (exact) mass is 220 g/mol. The number of halogens is 3. The van der Waals surface area contributed by atoms with Gasteiger partial charge in [0.15, 0.2) is 0 Å². The minimum atomic E-state index is -3.14. The lowest BCUT2D eigenvalue weighted by atomic mass is 10.1. The first-order valence-corrected chi connectivity index (χ1v) is 3.86. The molecule has 7 heteroatoms. The number of pyridine rings is 1. The Morgan fingerprint density at radius 1 is 1.60 bits per heavy atom. The van der Waals surface area contributed by atoms with Crippen molar-refractivity contribution in [1.82, 2.24) is 4.98 Å². The van der Waals surface area contributed by atoms with Crippen LogP contribution < -0.4 is 5.73 Å². The maximum Gasteiger partial charge on any atom is 0.307 e. The molecule has 0 spiro atoms. The molecule has 82 valence electrons. The summed E-state index contributed by atoms with van der Waals surface area (Å²) in [7, 11) is 0. The van der Waals surface area contributed by atoms with Gasteiger partial charge in [-0.3, -0.25) is 4.79 Å². The quantitative estimate of drug-likeness (QED) is 0.754. The summed E-state index contributed by atoms with van der Waals surface area (Å²) in [6.07, 6.45) is -3.08. The third-order valence-electron chi connectivity index (χ3n) is 1.76. The molecule has 0 aliphatic heterocycles. The van der Waals surface area contributed by atoms with Gasteiger partial charge in [0.2, 0.25) is 5.95 Å². The van der Waals surface area contributed by atoms with Gasteiger partial charge in [-0.15, -0.1) is 0 Å². The first-order chi connectivity index (χ1) is 6.93. The average Bonchev–Trinajstić information content (AvgIpc) is 2.10. The third kappa shape index (κ3) is 2.36. The van der Waals surface area contributed by atoms with Crippen molar-refractivity contribution < 1.29 is 23.1 Å². The van der Waals surface area contributed by atoms with Crippen LogP contribution in [-0.2, 0) is 11.2 Å². The minimum Gasteiger partial charge on any atom is -0.481 e. The number of aromatic nitrogens is 1. The third-order valence-corrected chi connectivity index (χ3v) is 1.76. The summed E-state index contributed by atoms with van der Waals surface area (Å²) in [5.74, 6) is -2.76. The van der Waals surface area contributed by atoms with Gasteiger partial charge in [-0.05, 0) is 0 Å². The SMILES string of the molecule is Nc1cnc(F)c(C(F)F)c1CC(=O)O. The van der Waals surface area contributed by atoms with Crippen molar-refractivity contribution in [1.29, 1.82) is 0 Å². The first kappa shape index (κ1) is 11.3. The average molecular weight is 220 g/mol. The fourth-order valence-corrected chi connectivity index (χ4v) is 1.12. The smallest absolute Gasteiger partial charge is 0.307 e. The molecule has 0 aliphatic carbocycles. The van der Waals surface area contributed by atoms with E-state index in [2.05, 4.69) is 4.98 Å². The Labute approximate surface area is 82.5 Å². The van der Waals surface area contributed by atoms with Crippen LogP contribution in [0.25, 0.3) is 0 Å². The Morgan fingerprint density at radius 2 is 2.20 bits per heavy atom. The Hall–Kier alpha value is -1.79. The number of hydrogen-bond donors (Lipinski definition) is 2. The largest absolute Gasteiger partial charge is 0.481 e. The molecule has 0 aliphatic rings. The molecule has 4 nitrogen and oxygen atoms in total. The summed E-state index contributed by atoms with van der Waals surface area (Å²) in [6.45, 7) is 0. The Balaban J connectivity index is 3.31. The van der Waals surface area contributed by atoms with Gasteiger partial charge in [0, 0.05) is 5.56 Å². The van der Waals surface area contributed by atoms with Crippen LogP contribution in [0, 0.1) is 5.95 Å². The van der Waals surface area contributed by atoms with E-state index in [-0.39, 0.29) is 5.69 Å². The van der Waals surface area contributed by atoms with E-state index in [0.717, 1.165) is 6.20 Å². The lowest BCUT2D eigenvalue weighted by molar-refractivity contribution is -0.136. The van der Waals surface area contributed by atoms with E-state index < -0.39 is 35.9 Å². The van der Waals surface area contributed by atoms with Gasteiger partial charge in [-0.25, -0.2) is 13.8 Å². The second-order valence-electron chi connectivity index (χ2n) is 2.77. The number of carboxylic acid groups (broad SMARTS) is 1. The van der Waals surface area contributed by atoms with Gasteiger partial charge >= 0.3 is 5.97 Å². The van der Waals surface area contributed by atoms with Gasteiger partial charge in [0.1, 0.15) is 0 Å². The van der Waals surface area contributed by atoms with Crippen molar-refractivity contribution in [3.63, 3.8) is 0 Å². The number of anilines is 1. The van der Waals surface area contributed by atoms with Gasteiger partial charge < -0.3 is 10.8 Å². The second-order valence-corrected chi connectivity index (χ2v) is 2.77. The lowest BCUT2D eigenvalue weighted by Crippen LogP contribution is -2.10. The van der Waals surface area contributed by atoms with Crippen LogP contribution in [0.3, 0.4) is 0 Å². The first-order valence-electron chi connectivity index (χ1n) is 3.86. The predicted octanol–water partition coefficient (Wildman–Crippen LogP) is 1.37. The zero-order chi connectivity index (χ0) is 11.6. The molecule has 1 aromatic rings. The molecule has 0 radical (unpaired) electrons. The van der Waals surface area contributed by atoms with E-state index in [1.165, 1.54) is 0 Å². The normalized spacial score (nSPS) is 10.7. The number of hydrogen-bond acceptors (Lipinski definition) is 3. The van der Waals surface area contributed by atoms with Gasteiger partial charge in [-0.1, -0.05) is 0 Å². The molecule has 3 N–H and O–H groups in total. The van der Waals surface area contributed by atoms with E-state index in [9.17, 15) is 18.0 Å². The molecule has 0 saturated carbocycles. The van der Waals surface area contributed by atoms with Gasteiger partial charge in [-0.2, -0.15) is 4.39 Å². The van der Waals surface area contributed by atoms with Gasteiger partial charge in [0.25, 0.3) is 6.43 Å². The fraction of sp³-hybridized carbons (Fsp3) is 0.250. The summed E-state index contributed by atoms with van der Waals surface area (Å²) in [6, 6.07) is 0. The molecule has 0 saturated heterocycles. The topological polar surface area (TPSA) is 76.2 Å². The van der Waals surface area contributed by atoms with Crippen molar-refractivity contribution >= 4 is 11.7 Å². The zero-order valence-electron chi connectivity index (χ0n) is 7.38. The van der Waals surface area contributed by atoms with Crippen molar-refractivity contribution in [2.75, 3.05) is 5.73 Å². The molecule has 0 bridgehead atoms. The van der Waals surface area contributed by atoms with E-state index in [1.54, 1.807) is 0 Å². The maximum absolute atomic E-state index is 12.9. The molecule has 0 atom stereocenters. The van der Waals surface area contributed by atoms with Crippen LogP contribution in [0.15, 0.2) is 6.20 Å².